The summed E-state index contributed by atoms with van der Waals surface area (Å²) in [6, 6.07) is 15.9. The third-order valence-corrected chi connectivity index (χ3v) is 5.13. The highest BCUT2D eigenvalue weighted by Crippen LogP contribution is 2.17. The van der Waals surface area contributed by atoms with Crippen molar-refractivity contribution in [1.29, 1.82) is 0 Å². The molecule has 3 N–H and O–H groups in total. The molecule has 2 amide bonds. The molecular formula is C23H31N5O2. The lowest BCUT2D eigenvalue weighted by Gasteiger charge is -2.17. The molecule has 1 aliphatic rings. The fourth-order valence-electron chi connectivity index (χ4n) is 3.51. The quantitative estimate of drug-likeness (QED) is 0.485. The fraction of sp³-hybridized carbons (Fsp3) is 0.391. The Hall–Kier alpha value is -3.22. The van der Waals surface area contributed by atoms with Crippen LogP contribution in [0, 0.1) is 0 Å². The van der Waals surface area contributed by atoms with Crippen molar-refractivity contribution in [2.45, 2.75) is 25.8 Å². The Bertz CT molecular complexity index is 862. The van der Waals surface area contributed by atoms with Gasteiger partial charge in [-0.05, 0) is 48.6 Å². The zero-order chi connectivity index (χ0) is 21.2. The van der Waals surface area contributed by atoms with E-state index in [0.717, 1.165) is 67.4 Å². The number of hydrogen-bond donors (Lipinski definition) is 3. The molecule has 1 fully saturated rings. The maximum atomic E-state index is 12.3. The summed E-state index contributed by atoms with van der Waals surface area (Å²) in [5.41, 5.74) is 3.04. The summed E-state index contributed by atoms with van der Waals surface area (Å²) in [6.45, 7) is 3.03. The van der Waals surface area contributed by atoms with Crippen LogP contribution in [-0.4, -0.2) is 50.7 Å². The van der Waals surface area contributed by atoms with Crippen LogP contribution < -0.4 is 20.7 Å². The average molecular weight is 410 g/mol. The van der Waals surface area contributed by atoms with Gasteiger partial charge in [-0.15, -0.1) is 0 Å². The fourth-order valence-corrected chi connectivity index (χ4v) is 3.51. The van der Waals surface area contributed by atoms with Gasteiger partial charge in [-0.2, -0.15) is 0 Å². The minimum Gasteiger partial charge on any atom is -0.496 e. The number of hydrogen-bond acceptors (Lipinski definition) is 3. The number of anilines is 1. The molecule has 2 aromatic carbocycles. The van der Waals surface area contributed by atoms with Gasteiger partial charge < -0.3 is 25.6 Å². The lowest BCUT2D eigenvalue weighted by Crippen LogP contribution is -2.37. The number of carbonyl (C=O) groups excluding carboxylic acids is 1. The smallest absolute Gasteiger partial charge is 0.321 e. The summed E-state index contributed by atoms with van der Waals surface area (Å²) in [6.07, 6.45) is 3.00. The molecule has 0 bridgehead atoms. The highest BCUT2D eigenvalue weighted by molar-refractivity contribution is 5.89. The van der Waals surface area contributed by atoms with Crippen LogP contribution in [-0.2, 0) is 13.0 Å². The monoisotopic (exact) mass is 409 g/mol. The van der Waals surface area contributed by atoms with Crippen molar-refractivity contribution in [1.82, 2.24) is 15.5 Å². The number of aliphatic imine (C=N–C) groups is 1. The van der Waals surface area contributed by atoms with Crippen LogP contribution in [0.5, 0.6) is 5.75 Å². The molecule has 0 radical (unpaired) electrons. The number of urea groups is 1. The highest BCUT2D eigenvalue weighted by atomic mass is 16.5. The number of rotatable bonds is 7. The van der Waals surface area contributed by atoms with E-state index >= 15 is 0 Å². The number of methoxy groups -OCH3 is 1. The van der Waals surface area contributed by atoms with Gasteiger partial charge in [-0.1, -0.05) is 30.3 Å². The minimum absolute atomic E-state index is 0.0218. The van der Waals surface area contributed by atoms with Gasteiger partial charge in [0, 0.05) is 38.9 Å². The molecule has 0 aromatic heterocycles. The SMILES string of the molecule is CN=C(NCCc1ccccc1OC)NCc1cccc(NC(=O)N2CCCC2)c1. The van der Waals surface area contributed by atoms with E-state index in [9.17, 15) is 4.79 Å². The Kier molecular flexibility index (Phi) is 7.94. The zero-order valence-electron chi connectivity index (χ0n) is 17.8. The molecule has 0 aliphatic carbocycles. The Morgan fingerprint density at radius 3 is 2.67 bits per heavy atom. The molecule has 1 heterocycles. The van der Waals surface area contributed by atoms with E-state index < -0.39 is 0 Å². The van der Waals surface area contributed by atoms with Crippen molar-refractivity contribution in [2.24, 2.45) is 4.99 Å². The number of guanidine groups is 1. The number of para-hydroxylation sites is 1. The van der Waals surface area contributed by atoms with Gasteiger partial charge in [0.25, 0.3) is 0 Å². The summed E-state index contributed by atoms with van der Waals surface area (Å²) in [7, 11) is 3.44. The van der Waals surface area contributed by atoms with Crippen LogP contribution in [0.25, 0.3) is 0 Å². The van der Waals surface area contributed by atoms with Crippen molar-refractivity contribution < 1.29 is 9.53 Å². The van der Waals surface area contributed by atoms with Gasteiger partial charge in [-0.3, -0.25) is 4.99 Å². The van der Waals surface area contributed by atoms with Crippen LogP contribution in [0.15, 0.2) is 53.5 Å². The Morgan fingerprint density at radius 1 is 1.10 bits per heavy atom. The third kappa shape index (κ3) is 6.14. The predicted molar refractivity (Wildman–Crippen MR) is 121 cm³/mol. The first-order chi connectivity index (χ1) is 14.7. The minimum atomic E-state index is -0.0218. The number of amides is 2. The Morgan fingerprint density at radius 2 is 1.90 bits per heavy atom. The topological polar surface area (TPSA) is 78.0 Å². The summed E-state index contributed by atoms with van der Waals surface area (Å²) in [4.78, 5) is 18.4. The van der Waals surface area contributed by atoms with Crippen molar-refractivity contribution >= 4 is 17.7 Å². The highest BCUT2D eigenvalue weighted by Gasteiger charge is 2.17. The normalized spacial score (nSPS) is 13.8. The molecule has 7 heteroatoms. The Balaban J connectivity index is 1.47. The predicted octanol–water partition coefficient (Wildman–Crippen LogP) is 3.23. The number of benzene rings is 2. The molecule has 0 spiro atoms. The first-order valence-corrected chi connectivity index (χ1v) is 10.4. The third-order valence-electron chi connectivity index (χ3n) is 5.13. The molecule has 0 unspecified atom stereocenters. The van der Waals surface area contributed by atoms with Gasteiger partial charge in [0.2, 0.25) is 0 Å². The van der Waals surface area contributed by atoms with E-state index in [4.69, 9.17) is 4.74 Å². The first-order valence-electron chi connectivity index (χ1n) is 10.4. The average Bonchev–Trinajstić information content (AvgIpc) is 3.32. The number of nitrogens with zero attached hydrogens (tertiary/aromatic N) is 2. The van der Waals surface area contributed by atoms with Crippen molar-refractivity contribution in [3.05, 3.63) is 59.7 Å². The molecule has 30 heavy (non-hydrogen) atoms. The molecule has 3 rings (SSSR count). The molecule has 7 nitrogen and oxygen atoms in total. The van der Waals surface area contributed by atoms with Crippen LogP contribution in [0.4, 0.5) is 10.5 Å². The van der Waals surface area contributed by atoms with E-state index in [0.29, 0.717) is 6.54 Å². The summed E-state index contributed by atoms with van der Waals surface area (Å²) in [5.74, 6) is 1.63. The summed E-state index contributed by atoms with van der Waals surface area (Å²) >= 11 is 0. The van der Waals surface area contributed by atoms with Crippen LogP contribution >= 0.6 is 0 Å². The molecule has 1 aliphatic heterocycles. The largest absolute Gasteiger partial charge is 0.496 e. The second kappa shape index (κ2) is 11.1. The van der Waals surface area contributed by atoms with Crippen molar-refractivity contribution in [3.8, 4) is 5.75 Å². The van der Waals surface area contributed by atoms with E-state index in [2.05, 4.69) is 27.0 Å². The molecule has 1 saturated heterocycles. The zero-order valence-corrected chi connectivity index (χ0v) is 17.8. The standard InChI is InChI=1S/C23H31N5O2/c1-24-22(25-13-12-19-9-3-4-11-21(19)30-2)26-17-18-8-7-10-20(16-18)27-23(29)28-14-5-6-15-28/h3-4,7-11,16H,5-6,12-15,17H2,1-2H3,(H,27,29)(H2,24,25,26). The van der Waals surface area contributed by atoms with E-state index in [1.165, 1.54) is 0 Å². The van der Waals surface area contributed by atoms with Gasteiger partial charge in [0.1, 0.15) is 5.75 Å². The molecule has 0 atom stereocenters. The van der Waals surface area contributed by atoms with Crippen LogP contribution in [0.3, 0.4) is 0 Å². The van der Waals surface area contributed by atoms with E-state index in [-0.39, 0.29) is 6.03 Å². The maximum absolute atomic E-state index is 12.3. The van der Waals surface area contributed by atoms with Gasteiger partial charge in [0.15, 0.2) is 5.96 Å². The second-order valence-corrected chi connectivity index (χ2v) is 7.24. The molecule has 0 saturated carbocycles. The number of carbonyl (C=O) groups is 1. The summed E-state index contributed by atoms with van der Waals surface area (Å²) in [5, 5.41) is 9.64. The Labute approximate surface area is 178 Å². The molecule has 160 valence electrons. The van der Waals surface area contributed by atoms with Crippen molar-refractivity contribution in [3.63, 3.8) is 0 Å². The summed E-state index contributed by atoms with van der Waals surface area (Å²) < 4.78 is 5.40. The molecular weight excluding hydrogens is 378 g/mol. The number of ether oxygens (including phenoxy) is 1. The maximum Gasteiger partial charge on any atom is 0.321 e. The number of nitrogens with one attached hydrogen (secondary N) is 3. The lowest BCUT2D eigenvalue weighted by molar-refractivity contribution is 0.222. The van der Waals surface area contributed by atoms with Gasteiger partial charge in [0.05, 0.1) is 7.11 Å². The first kappa shape index (κ1) is 21.5. The number of likely N-dealkylation sites (tertiary alicyclic amines) is 1. The van der Waals surface area contributed by atoms with Crippen LogP contribution in [0.2, 0.25) is 0 Å². The lowest BCUT2D eigenvalue weighted by atomic mass is 10.1. The van der Waals surface area contributed by atoms with Crippen LogP contribution in [0.1, 0.15) is 24.0 Å². The van der Waals surface area contributed by atoms with Gasteiger partial charge >= 0.3 is 6.03 Å². The second-order valence-electron chi connectivity index (χ2n) is 7.24. The van der Waals surface area contributed by atoms with Crippen molar-refractivity contribution in [2.75, 3.05) is 39.1 Å². The van der Waals surface area contributed by atoms with Gasteiger partial charge in [-0.25, -0.2) is 4.79 Å². The van der Waals surface area contributed by atoms with E-state index in [1.54, 1.807) is 14.2 Å². The molecule has 2 aromatic rings. The van der Waals surface area contributed by atoms with E-state index in [1.807, 2.05) is 47.4 Å².